The Morgan fingerprint density at radius 2 is 1.75 bits per heavy atom. The van der Waals surface area contributed by atoms with E-state index in [0.717, 1.165) is 27.6 Å². The molecule has 116 valence electrons. The van der Waals surface area contributed by atoms with Crippen LogP contribution in [0.5, 0.6) is 0 Å². The number of nitrogens with one attached hydrogen (secondary N) is 1. The smallest absolute Gasteiger partial charge is 0.227 e. The fourth-order valence-corrected chi connectivity index (χ4v) is 2.98. The second-order valence-corrected chi connectivity index (χ2v) is 5.78. The number of hydrogen-bond acceptors (Lipinski definition) is 7. The van der Waals surface area contributed by atoms with Crippen LogP contribution in [0.25, 0.3) is 22.0 Å². The van der Waals surface area contributed by atoms with E-state index in [9.17, 15) is 0 Å². The van der Waals surface area contributed by atoms with Crippen molar-refractivity contribution in [2.24, 2.45) is 0 Å². The van der Waals surface area contributed by atoms with Crippen molar-refractivity contribution in [1.29, 1.82) is 0 Å². The summed E-state index contributed by atoms with van der Waals surface area (Å²) in [5.41, 5.74) is 3.49. The second-order valence-electron chi connectivity index (χ2n) is 4.93. The van der Waals surface area contributed by atoms with Crippen LogP contribution >= 0.6 is 11.3 Å². The highest BCUT2D eigenvalue weighted by Gasteiger charge is 2.09. The molecule has 0 aliphatic rings. The minimum atomic E-state index is 0.495. The summed E-state index contributed by atoms with van der Waals surface area (Å²) < 4.78 is 0. The molecule has 4 aromatic rings. The third kappa shape index (κ3) is 3.11. The Morgan fingerprint density at radius 1 is 0.833 bits per heavy atom. The first-order valence-electron chi connectivity index (χ1n) is 7.26. The molecule has 0 saturated carbocycles. The van der Waals surface area contributed by atoms with Gasteiger partial charge in [0.1, 0.15) is 10.7 Å². The summed E-state index contributed by atoms with van der Waals surface area (Å²) in [6.45, 7) is 0. The van der Waals surface area contributed by atoms with Crippen molar-refractivity contribution in [2.45, 2.75) is 0 Å². The SMILES string of the molecule is c1ccc(-c2nc(-c3ccnc(Nc4ccnnc4)n3)cs2)cc1. The maximum absolute atomic E-state index is 4.68. The van der Waals surface area contributed by atoms with Gasteiger partial charge in [-0.2, -0.15) is 10.2 Å². The summed E-state index contributed by atoms with van der Waals surface area (Å²) in [4.78, 5) is 13.4. The van der Waals surface area contributed by atoms with Crippen LogP contribution in [0.2, 0.25) is 0 Å². The van der Waals surface area contributed by atoms with E-state index in [2.05, 4.69) is 30.5 Å². The van der Waals surface area contributed by atoms with Gasteiger partial charge in [0.2, 0.25) is 5.95 Å². The molecule has 0 unspecified atom stereocenters. The van der Waals surface area contributed by atoms with E-state index < -0.39 is 0 Å². The highest BCUT2D eigenvalue weighted by Crippen LogP contribution is 2.28. The van der Waals surface area contributed by atoms with E-state index >= 15 is 0 Å². The summed E-state index contributed by atoms with van der Waals surface area (Å²) in [6.07, 6.45) is 4.94. The monoisotopic (exact) mass is 332 g/mol. The first-order chi connectivity index (χ1) is 11.9. The van der Waals surface area contributed by atoms with Crippen molar-refractivity contribution in [1.82, 2.24) is 25.1 Å². The van der Waals surface area contributed by atoms with Gasteiger partial charge in [-0.25, -0.2) is 15.0 Å². The molecule has 1 N–H and O–H groups in total. The standard InChI is InChI=1S/C17H12N6S/c1-2-4-12(5-3-1)16-22-15(11-24-16)14-7-8-18-17(23-14)21-13-6-9-19-20-10-13/h1-11H,(H,18,19,21,23). The molecule has 0 amide bonds. The number of benzene rings is 1. The van der Waals surface area contributed by atoms with E-state index in [1.807, 2.05) is 41.8 Å². The van der Waals surface area contributed by atoms with E-state index in [1.54, 1.807) is 36.0 Å². The second kappa shape index (κ2) is 6.51. The average Bonchev–Trinajstić information content (AvgIpc) is 3.14. The molecule has 0 spiro atoms. The lowest BCUT2D eigenvalue weighted by Gasteiger charge is -2.04. The quantitative estimate of drug-likeness (QED) is 0.612. The van der Waals surface area contributed by atoms with Crippen LogP contribution in [-0.4, -0.2) is 25.1 Å². The van der Waals surface area contributed by atoms with Gasteiger partial charge in [0.25, 0.3) is 0 Å². The van der Waals surface area contributed by atoms with Crippen LogP contribution in [0, 0.1) is 0 Å². The molecule has 0 aliphatic carbocycles. The predicted molar refractivity (Wildman–Crippen MR) is 93.9 cm³/mol. The van der Waals surface area contributed by atoms with Crippen LogP contribution < -0.4 is 5.32 Å². The molecule has 7 heteroatoms. The maximum Gasteiger partial charge on any atom is 0.227 e. The van der Waals surface area contributed by atoms with Gasteiger partial charge in [-0.05, 0) is 12.1 Å². The molecule has 0 bridgehead atoms. The van der Waals surface area contributed by atoms with Crippen molar-refractivity contribution in [3.8, 4) is 22.0 Å². The molecule has 3 heterocycles. The van der Waals surface area contributed by atoms with Gasteiger partial charge in [0, 0.05) is 17.1 Å². The minimum Gasteiger partial charge on any atom is -0.323 e. The summed E-state index contributed by atoms with van der Waals surface area (Å²) in [5, 5.41) is 13.6. The normalized spacial score (nSPS) is 10.5. The Bertz CT molecular complexity index is 939. The molecule has 1 aromatic carbocycles. The summed E-state index contributed by atoms with van der Waals surface area (Å²) >= 11 is 1.60. The van der Waals surface area contributed by atoms with Gasteiger partial charge in [0.05, 0.1) is 23.8 Å². The van der Waals surface area contributed by atoms with Crippen molar-refractivity contribution >= 4 is 23.0 Å². The lowest BCUT2D eigenvalue weighted by atomic mass is 10.2. The molecule has 4 rings (SSSR count). The largest absolute Gasteiger partial charge is 0.323 e. The molecule has 0 atom stereocenters. The van der Waals surface area contributed by atoms with E-state index in [1.165, 1.54) is 0 Å². The Hall–Kier alpha value is -3.19. The molecule has 0 radical (unpaired) electrons. The number of thiazole rings is 1. The first-order valence-corrected chi connectivity index (χ1v) is 8.14. The summed E-state index contributed by atoms with van der Waals surface area (Å²) in [6, 6.07) is 13.8. The molecule has 0 fully saturated rings. The number of rotatable bonds is 4. The number of nitrogens with zero attached hydrogens (tertiary/aromatic N) is 5. The lowest BCUT2D eigenvalue weighted by Crippen LogP contribution is -1.98. The predicted octanol–water partition coefficient (Wildman–Crippen LogP) is 3.80. The van der Waals surface area contributed by atoms with E-state index in [-0.39, 0.29) is 0 Å². The van der Waals surface area contributed by atoms with Crippen LogP contribution in [0.1, 0.15) is 0 Å². The van der Waals surface area contributed by atoms with Gasteiger partial charge in [-0.3, -0.25) is 0 Å². The summed E-state index contributed by atoms with van der Waals surface area (Å²) in [7, 11) is 0. The van der Waals surface area contributed by atoms with Gasteiger partial charge in [-0.1, -0.05) is 30.3 Å². The molecule has 24 heavy (non-hydrogen) atoms. The lowest BCUT2D eigenvalue weighted by molar-refractivity contribution is 1.03. The third-order valence-corrected chi connectivity index (χ3v) is 4.17. The molecule has 3 aromatic heterocycles. The van der Waals surface area contributed by atoms with Crippen molar-refractivity contribution in [3.63, 3.8) is 0 Å². The highest BCUT2D eigenvalue weighted by atomic mass is 32.1. The summed E-state index contributed by atoms with van der Waals surface area (Å²) in [5.74, 6) is 0.495. The Labute approximate surface area is 142 Å². The number of hydrogen-bond donors (Lipinski definition) is 1. The molecular formula is C17H12N6S. The fraction of sp³-hybridized carbons (Fsp3) is 0. The highest BCUT2D eigenvalue weighted by molar-refractivity contribution is 7.13. The molecular weight excluding hydrogens is 320 g/mol. The molecule has 6 nitrogen and oxygen atoms in total. The van der Waals surface area contributed by atoms with Gasteiger partial charge in [0.15, 0.2) is 0 Å². The van der Waals surface area contributed by atoms with Crippen molar-refractivity contribution < 1.29 is 0 Å². The van der Waals surface area contributed by atoms with Crippen LogP contribution in [-0.2, 0) is 0 Å². The van der Waals surface area contributed by atoms with Gasteiger partial charge < -0.3 is 5.32 Å². The van der Waals surface area contributed by atoms with Gasteiger partial charge in [-0.15, -0.1) is 11.3 Å². The zero-order valence-corrected chi connectivity index (χ0v) is 13.3. The number of anilines is 2. The molecule has 0 aliphatic heterocycles. The van der Waals surface area contributed by atoms with Crippen LogP contribution in [0.3, 0.4) is 0 Å². The Balaban J connectivity index is 1.61. The minimum absolute atomic E-state index is 0.495. The fourth-order valence-electron chi connectivity index (χ4n) is 2.16. The van der Waals surface area contributed by atoms with Crippen molar-refractivity contribution in [2.75, 3.05) is 5.32 Å². The Kier molecular flexibility index (Phi) is 3.91. The van der Waals surface area contributed by atoms with Crippen molar-refractivity contribution in [3.05, 3.63) is 66.4 Å². The first kappa shape index (κ1) is 14.4. The average molecular weight is 332 g/mol. The van der Waals surface area contributed by atoms with E-state index in [4.69, 9.17) is 0 Å². The third-order valence-electron chi connectivity index (χ3n) is 3.28. The topological polar surface area (TPSA) is 76.5 Å². The number of aromatic nitrogens is 5. The van der Waals surface area contributed by atoms with Crippen LogP contribution in [0.4, 0.5) is 11.6 Å². The van der Waals surface area contributed by atoms with Crippen LogP contribution in [0.15, 0.2) is 66.4 Å². The molecule has 0 saturated heterocycles. The zero-order chi connectivity index (χ0) is 16.2. The zero-order valence-electron chi connectivity index (χ0n) is 12.5. The Morgan fingerprint density at radius 3 is 2.58 bits per heavy atom. The van der Waals surface area contributed by atoms with Gasteiger partial charge >= 0.3 is 0 Å². The van der Waals surface area contributed by atoms with E-state index in [0.29, 0.717) is 5.95 Å². The maximum atomic E-state index is 4.68.